The number of hydrogen-bond donors (Lipinski definition) is 2. The third-order valence-corrected chi connectivity index (χ3v) is 4.42. The number of hydrogen-bond acceptors (Lipinski definition) is 7. The van der Waals surface area contributed by atoms with E-state index in [-0.39, 0.29) is 12.0 Å². The number of carbonyl (C=O) groups is 1. The molecule has 1 unspecified atom stereocenters. The number of aromatic nitrogens is 2. The maximum atomic E-state index is 12.4. The van der Waals surface area contributed by atoms with Gasteiger partial charge in [-0.3, -0.25) is 9.69 Å². The molecule has 2 saturated heterocycles. The molecule has 1 aromatic heterocycles. The van der Waals surface area contributed by atoms with Crippen LogP contribution < -0.4 is 10.6 Å². The average molecular weight is 349 g/mol. The number of carbonyl (C=O) groups excluding carboxylic acids is 1. The van der Waals surface area contributed by atoms with Gasteiger partial charge < -0.3 is 20.1 Å². The molecular weight excluding hydrogens is 322 g/mol. The lowest BCUT2D eigenvalue weighted by molar-refractivity contribution is 0.0383. The van der Waals surface area contributed by atoms with E-state index in [9.17, 15) is 4.79 Å². The van der Waals surface area contributed by atoms with Gasteiger partial charge in [-0.05, 0) is 19.8 Å². The molecule has 1 atom stereocenters. The van der Waals surface area contributed by atoms with E-state index in [2.05, 4.69) is 25.5 Å². The van der Waals surface area contributed by atoms with Crippen LogP contribution in [0.2, 0.25) is 0 Å². The average Bonchev–Trinajstić information content (AvgIpc) is 3.14. The normalized spacial score (nSPS) is 21.2. The molecule has 0 spiro atoms. The van der Waals surface area contributed by atoms with Crippen molar-refractivity contribution in [1.82, 2.24) is 20.2 Å². The number of morpholine rings is 1. The summed E-state index contributed by atoms with van der Waals surface area (Å²) in [7, 11) is 0. The Labute approximate surface area is 148 Å². The molecule has 8 nitrogen and oxygen atoms in total. The quantitative estimate of drug-likeness (QED) is 0.738. The predicted molar refractivity (Wildman–Crippen MR) is 93.8 cm³/mol. The second-order valence-corrected chi connectivity index (χ2v) is 6.41. The summed E-state index contributed by atoms with van der Waals surface area (Å²) < 4.78 is 10.9. The van der Waals surface area contributed by atoms with Crippen molar-refractivity contribution in [2.45, 2.75) is 25.9 Å². The molecule has 2 aliphatic rings. The second-order valence-electron chi connectivity index (χ2n) is 6.41. The largest absolute Gasteiger partial charge is 0.379 e. The molecule has 2 fully saturated rings. The third kappa shape index (κ3) is 5.62. The van der Waals surface area contributed by atoms with Crippen LogP contribution in [-0.4, -0.2) is 79.4 Å². The monoisotopic (exact) mass is 349 g/mol. The Bertz CT molecular complexity index is 571. The minimum atomic E-state index is -0.168. The van der Waals surface area contributed by atoms with E-state index < -0.39 is 0 Å². The molecule has 0 aliphatic carbocycles. The highest BCUT2D eigenvalue weighted by Crippen LogP contribution is 2.13. The van der Waals surface area contributed by atoms with E-state index in [0.29, 0.717) is 30.4 Å². The molecule has 0 bridgehead atoms. The van der Waals surface area contributed by atoms with E-state index in [1.165, 1.54) is 0 Å². The highest BCUT2D eigenvalue weighted by Gasteiger charge is 2.16. The fraction of sp³-hybridized carbons (Fsp3) is 0.706. The summed E-state index contributed by atoms with van der Waals surface area (Å²) in [5.74, 6) is 1.08. The van der Waals surface area contributed by atoms with Crippen LogP contribution in [0, 0.1) is 6.92 Å². The zero-order valence-corrected chi connectivity index (χ0v) is 14.8. The van der Waals surface area contributed by atoms with Crippen molar-refractivity contribution in [2.24, 2.45) is 0 Å². The van der Waals surface area contributed by atoms with Crippen LogP contribution in [0.5, 0.6) is 0 Å². The van der Waals surface area contributed by atoms with Crippen LogP contribution >= 0.6 is 0 Å². The molecule has 3 heterocycles. The zero-order valence-electron chi connectivity index (χ0n) is 14.8. The number of nitrogens with zero attached hydrogens (tertiary/aromatic N) is 3. The van der Waals surface area contributed by atoms with E-state index in [1.807, 2.05) is 0 Å². The van der Waals surface area contributed by atoms with Gasteiger partial charge in [0.2, 0.25) is 0 Å². The summed E-state index contributed by atoms with van der Waals surface area (Å²) in [6, 6.07) is 1.70. The molecule has 2 N–H and O–H groups in total. The van der Waals surface area contributed by atoms with Crippen LogP contribution in [0.15, 0.2) is 6.07 Å². The molecule has 0 saturated carbocycles. The molecule has 2 aliphatic heterocycles. The summed E-state index contributed by atoms with van der Waals surface area (Å²) in [4.78, 5) is 23.2. The van der Waals surface area contributed by atoms with Crippen molar-refractivity contribution in [3.05, 3.63) is 17.6 Å². The Morgan fingerprint density at radius 1 is 1.32 bits per heavy atom. The first-order valence-electron chi connectivity index (χ1n) is 9.00. The molecule has 1 aromatic rings. The molecule has 1 amide bonds. The summed E-state index contributed by atoms with van der Waals surface area (Å²) in [6.45, 7) is 8.10. The van der Waals surface area contributed by atoms with Gasteiger partial charge in [0, 0.05) is 45.4 Å². The Hall–Kier alpha value is -1.77. The van der Waals surface area contributed by atoms with Gasteiger partial charge in [-0.2, -0.15) is 0 Å². The third-order valence-electron chi connectivity index (χ3n) is 4.42. The van der Waals surface area contributed by atoms with Crippen molar-refractivity contribution in [2.75, 3.05) is 57.9 Å². The number of rotatable bonds is 7. The van der Waals surface area contributed by atoms with Gasteiger partial charge in [-0.15, -0.1) is 0 Å². The smallest absolute Gasteiger partial charge is 0.270 e. The number of anilines is 1. The minimum Gasteiger partial charge on any atom is -0.379 e. The van der Waals surface area contributed by atoms with Gasteiger partial charge in [0.25, 0.3) is 5.91 Å². The van der Waals surface area contributed by atoms with Gasteiger partial charge in [0.1, 0.15) is 17.3 Å². The van der Waals surface area contributed by atoms with E-state index in [4.69, 9.17) is 9.47 Å². The SMILES string of the molecule is Cc1nc(NCC2CCCO2)cc(C(=O)NCCN2CCOCC2)n1. The molecule has 25 heavy (non-hydrogen) atoms. The summed E-state index contributed by atoms with van der Waals surface area (Å²) in [5, 5.41) is 6.19. The molecule has 138 valence electrons. The summed E-state index contributed by atoms with van der Waals surface area (Å²) >= 11 is 0. The summed E-state index contributed by atoms with van der Waals surface area (Å²) in [6.07, 6.45) is 2.39. The number of amides is 1. The first kappa shape index (κ1) is 18.0. The Morgan fingerprint density at radius 3 is 2.92 bits per heavy atom. The maximum absolute atomic E-state index is 12.4. The molecule has 3 rings (SSSR count). The number of ether oxygens (including phenoxy) is 2. The molecule has 0 radical (unpaired) electrons. The molecule has 8 heteroatoms. The van der Waals surface area contributed by atoms with Crippen molar-refractivity contribution in [3.8, 4) is 0 Å². The van der Waals surface area contributed by atoms with Crippen LogP contribution in [-0.2, 0) is 9.47 Å². The molecular formula is C17H27N5O3. The van der Waals surface area contributed by atoms with Crippen molar-refractivity contribution in [1.29, 1.82) is 0 Å². The summed E-state index contributed by atoms with van der Waals surface area (Å²) in [5.41, 5.74) is 0.393. The second kappa shape index (κ2) is 9.07. The van der Waals surface area contributed by atoms with Crippen LogP contribution in [0.25, 0.3) is 0 Å². The van der Waals surface area contributed by atoms with E-state index >= 15 is 0 Å². The molecule has 0 aromatic carbocycles. The van der Waals surface area contributed by atoms with Gasteiger partial charge in [-0.1, -0.05) is 0 Å². The Kier molecular flexibility index (Phi) is 6.55. The van der Waals surface area contributed by atoms with Gasteiger partial charge >= 0.3 is 0 Å². The number of aryl methyl sites for hydroxylation is 1. The van der Waals surface area contributed by atoms with Crippen molar-refractivity contribution >= 4 is 11.7 Å². The Morgan fingerprint density at radius 2 is 2.16 bits per heavy atom. The lowest BCUT2D eigenvalue weighted by Gasteiger charge is -2.26. The Balaban J connectivity index is 1.48. The van der Waals surface area contributed by atoms with Crippen molar-refractivity contribution < 1.29 is 14.3 Å². The lowest BCUT2D eigenvalue weighted by atomic mass is 10.2. The van der Waals surface area contributed by atoms with Crippen LogP contribution in [0.4, 0.5) is 5.82 Å². The van der Waals surface area contributed by atoms with E-state index in [1.54, 1.807) is 13.0 Å². The minimum absolute atomic E-state index is 0.168. The van der Waals surface area contributed by atoms with E-state index in [0.717, 1.165) is 52.3 Å². The highest BCUT2D eigenvalue weighted by molar-refractivity contribution is 5.92. The fourth-order valence-corrected chi connectivity index (χ4v) is 3.04. The first-order valence-corrected chi connectivity index (χ1v) is 9.00. The lowest BCUT2D eigenvalue weighted by Crippen LogP contribution is -2.41. The van der Waals surface area contributed by atoms with Gasteiger partial charge in [0.15, 0.2) is 0 Å². The van der Waals surface area contributed by atoms with Gasteiger partial charge in [-0.25, -0.2) is 9.97 Å². The number of nitrogens with one attached hydrogen (secondary N) is 2. The van der Waals surface area contributed by atoms with Crippen LogP contribution in [0.3, 0.4) is 0 Å². The zero-order chi connectivity index (χ0) is 17.5. The van der Waals surface area contributed by atoms with Crippen LogP contribution in [0.1, 0.15) is 29.2 Å². The topological polar surface area (TPSA) is 88.6 Å². The first-order chi connectivity index (χ1) is 12.2. The fourth-order valence-electron chi connectivity index (χ4n) is 3.04. The maximum Gasteiger partial charge on any atom is 0.270 e. The standard InChI is InChI=1S/C17H27N5O3/c1-13-20-15(11-16(21-13)19-12-14-3-2-8-25-14)17(23)18-4-5-22-6-9-24-10-7-22/h11,14H,2-10,12H2,1H3,(H,18,23)(H,19,20,21). The highest BCUT2D eigenvalue weighted by atomic mass is 16.5. The predicted octanol–water partition coefficient (Wildman–Crippen LogP) is 0.438. The van der Waals surface area contributed by atoms with Gasteiger partial charge in [0.05, 0.1) is 19.3 Å². The van der Waals surface area contributed by atoms with Crippen molar-refractivity contribution in [3.63, 3.8) is 0 Å².